The molecule has 11 nitrogen and oxygen atoms in total. The molecule has 11 heteroatoms. The van der Waals surface area contributed by atoms with E-state index < -0.39 is 4.92 Å². The molecule has 0 aliphatic rings. The van der Waals surface area contributed by atoms with Crippen molar-refractivity contribution in [1.29, 1.82) is 0 Å². The third-order valence-electron chi connectivity index (χ3n) is 4.99. The summed E-state index contributed by atoms with van der Waals surface area (Å²) >= 11 is 0. The highest BCUT2D eigenvalue weighted by atomic mass is 16.6. The summed E-state index contributed by atoms with van der Waals surface area (Å²) in [7, 11) is 0. The lowest BCUT2D eigenvalue weighted by Crippen LogP contribution is -2.16. The second-order valence-corrected chi connectivity index (χ2v) is 7.16. The number of anilines is 3. The van der Waals surface area contributed by atoms with Crippen LogP contribution in [0.4, 0.5) is 23.3 Å². The number of rotatable bonds is 9. The zero-order valence-electron chi connectivity index (χ0n) is 17.9. The van der Waals surface area contributed by atoms with Crippen LogP contribution in [0.3, 0.4) is 0 Å². The Morgan fingerprint density at radius 1 is 1.06 bits per heavy atom. The number of nitrogens with one attached hydrogen (secondary N) is 3. The van der Waals surface area contributed by atoms with Crippen LogP contribution in [0.25, 0.3) is 22.6 Å². The van der Waals surface area contributed by atoms with E-state index in [1.807, 2.05) is 12.1 Å². The SMILES string of the molecule is CCc1ccc(-c2nc(NCCNc3ccc([N+](=O)[O-])c(N)n3)ncc2-c2ncc[nH]2)cc1. The Balaban J connectivity index is 1.47. The minimum absolute atomic E-state index is 0.131. The Kier molecular flexibility index (Phi) is 6.39. The minimum Gasteiger partial charge on any atom is -0.378 e. The molecule has 168 valence electrons. The summed E-state index contributed by atoms with van der Waals surface area (Å²) in [5, 5.41) is 17.1. The van der Waals surface area contributed by atoms with Gasteiger partial charge in [0, 0.05) is 43.3 Å². The third-order valence-corrected chi connectivity index (χ3v) is 4.99. The van der Waals surface area contributed by atoms with Gasteiger partial charge in [-0.1, -0.05) is 31.2 Å². The van der Waals surface area contributed by atoms with Crippen LogP contribution in [0.15, 0.2) is 55.0 Å². The normalized spacial score (nSPS) is 10.7. The van der Waals surface area contributed by atoms with Gasteiger partial charge in [-0.15, -0.1) is 0 Å². The second kappa shape index (κ2) is 9.73. The number of nitro groups is 1. The number of H-pyrrole nitrogens is 1. The number of aromatic amines is 1. The standard InChI is InChI=1S/C22H23N9O2/c1-2-14-3-5-15(6-4-14)19-16(21-25-10-11-26-21)13-28-22(30-19)27-12-9-24-18-8-7-17(31(32)33)20(23)29-18/h3-8,10-11,13H,2,9,12H2,1H3,(H,25,26)(H3,23,24,29)(H,27,28,30). The van der Waals surface area contributed by atoms with Crippen LogP contribution in [-0.4, -0.2) is 42.9 Å². The fraction of sp³-hybridized carbons (Fsp3) is 0.182. The fourth-order valence-corrected chi connectivity index (χ4v) is 3.26. The molecule has 33 heavy (non-hydrogen) atoms. The third kappa shape index (κ3) is 5.03. The number of nitrogens with two attached hydrogens (primary N) is 1. The average molecular weight is 445 g/mol. The Hall–Kier alpha value is -4.54. The Morgan fingerprint density at radius 3 is 2.52 bits per heavy atom. The summed E-state index contributed by atoms with van der Waals surface area (Å²) in [5.74, 6) is 1.48. The minimum atomic E-state index is -0.565. The summed E-state index contributed by atoms with van der Waals surface area (Å²) in [4.78, 5) is 30.9. The number of nitrogen functional groups attached to an aromatic ring is 1. The molecule has 0 saturated heterocycles. The van der Waals surface area contributed by atoms with Gasteiger partial charge in [0.05, 0.1) is 16.2 Å². The van der Waals surface area contributed by atoms with Gasteiger partial charge in [-0.25, -0.2) is 19.9 Å². The molecular formula is C22H23N9O2. The number of aromatic nitrogens is 5. The molecule has 3 aromatic heterocycles. The van der Waals surface area contributed by atoms with Gasteiger partial charge in [0.15, 0.2) is 0 Å². The van der Waals surface area contributed by atoms with E-state index in [1.54, 1.807) is 18.6 Å². The van der Waals surface area contributed by atoms with Gasteiger partial charge in [-0.2, -0.15) is 0 Å². The van der Waals surface area contributed by atoms with Crippen LogP contribution >= 0.6 is 0 Å². The van der Waals surface area contributed by atoms with E-state index in [9.17, 15) is 10.1 Å². The molecule has 0 saturated carbocycles. The van der Waals surface area contributed by atoms with Crippen molar-refractivity contribution in [2.75, 3.05) is 29.5 Å². The van der Waals surface area contributed by atoms with E-state index in [1.165, 1.54) is 17.7 Å². The van der Waals surface area contributed by atoms with Crippen molar-refractivity contribution < 1.29 is 4.92 Å². The Bertz CT molecular complexity index is 1240. The van der Waals surface area contributed by atoms with E-state index in [-0.39, 0.29) is 11.5 Å². The topological polar surface area (TPSA) is 161 Å². The number of imidazole rings is 1. The number of aryl methyl sites for hydroxylation is 1. The van der Waals surface area contributed by atoms with E-state index >= 15 is 0 Å². The smallest absolute Gasteiger partial charge is 0.311 e. The maximum Gasteiger partial charge on any atom is 0.311 e. The molecule has 0 aliphatic carbocycles. The van der Waals surface area contributed by atoms with E-state index in [4.69, 9.17) is 10.7 Å². The lowest BCUT2D eigenvalue weighted by atomic mass is 10.0. The molecule has 4 aromatic rings. The quantitative estimate of drug-likeness (QED) is 0.172. The molecule has 0 spiro atoms. The first-order valence-corrected chi connectivity index (χ1v) is 10.4. The number of hydrogen-bond acceptors (Lipinski definition) is 9. The van der Waals surface area contributed by atoms with E-state index in [2.05, 4.69) is 49.6 Å². The number of nitrogens with zero attached hydrogens (tertiary/aromatic N) is 5. The highest BCUT2D eigenvalue weighted by molar-refractivity contribution is 5.77. The summed E-state index contributed by atoms with van der Waals surface area (Å²) in [6.45, 7) is 3.09. The van der Waals surface area contributed by atoms with Crippen LogP contribution in [-0.2, 0) is 6.42 Å². The van der Waals surface area contributed by atoms with Crippen molar-refractivity contribution >= 4 is 23.3 Å². The Morgan fingerprint density at radius 2 is 1.85 bits per heavy atom. The molecule has 0 fully saturated rings. The number of hydrogen-bond donors (Lipinski definition) is 4. The zero-order chi connectivity index (χ0) is 23.2. The van der Waals surface area contributed by atoms with Crippen LogP contribution in [0.1, 0.15) is 12.5 Å². The van der Waals surface area contributed by atoms with Crippen molar-refractivity contribution in [2.24, 2.45) is 0 Å². The first kappa shape index (κ1) is 21.7. The van der Waals surface area contributed by atoms with Gasteiger partial charge in [-0.05, 0) is 18.1 Å². The number of benzene rings is 1. The fourth-order valence-electron chi connectivity index (χ4n) is 3.26. The van der Waals surface area contributed by atoms with E-state index in [0.717, 1.165) is 23.2 Å². The molecular weight excluding hydrogens is 422 g/mol. The lowest BCUT2D eigenvalue weighted by molar-refractivity contribution is -0.384. The molecule has 0 unspecified atom stereocenters. The largest absolute Gasteiger partial charge is 0.378 e. The predicted octanol–water partition coefficient (Wildman–Crippen LogP) is 3.51. The average Bonchev–Trinajstić information content (AvgIpc) is 3.36. The van der Waals surface area contributed by atoms with Gasteiger partial charge >= 0.3 is 5.69 Å². The van der Waals surface area contributed by atoms with Gasteiger partial charge in [0.1, 0.15) is 11.6 Å². The maximum atomic E-state index is 10.8. The van der Waals surface area contributed by atoms with Crippen molar-refractivity contribution in [3.63, 3.8) is 0 Å². The molecule has 3 heterocycles. The van der Waals surface area contributed by atoms with Crippen molar-refractivity contribution in [2.45, 2.75) is 13.3 Å². The van der Waals surface area contributed by atoms with Crippen molar-refractivity contribution in [1.82, 2.24) is 24.9 Å². The molecule has 5 N–H and O–H groups in total. The summed E-state index contributed by atoms with van der Waals surface area (Å²) < 4.78 is 0. The predicted molar refractivity (Wildman–Crippen MR) is 127 cm³/mol. The Labute approximate surface area is 189 Å². The van der Waals surface area contributed by atoms with Crippen LogP contribution < -0.4 is 16.4 Å². The summed E-state index contributed by atoms with van der Waals surface area (Å²) in [6.07, 6.45) is 6.15. The molecule has 0 radical (unpaired) electrons. The highest BCUT2D eigenvalue weighted by Gasteiger charge is 2.14. The van der Waals surface area contributed by atoms with Gasteiger partial charge in [0.2, 0.25) is 11.8 Å². The molecule has 0 aliphatic heterocycles. The van der Waals surface area contributed by atoms with Gasteiger partial charge < -0.3 is 21.4 Å². The molecule has 0 atom stereocenters. The first-order chi connectivity index (χ1) is 16.0. The highest BCUT2D eigenvalue weighted by Crippen LogP contribution is 2.29. The molecule has 0 amide bonds. The summed E-state index contributed by atoms with van der Waals surface area (Å²) in [5.41, 5.74) is 9.19. The first-order valence-electron chi connectivity index (χ1n) is 10.4. The lowest BCUT2D eigenvalue weighted by Gasteiger charge is -2.11. The van der Waals surface area contributed by atoms with Gasteiger partial charge in [0.25, 0.3) is 0 Å². The van der Waals surface area contributed by atoms with Crippen molar-refractivity contribution in [3.8, 4) is 22.6 Å². The zero-order valence-corrected chi connectivity index (χ0v) is 17.9. The van der Waals surface area contributed by atoms with Crippen LogP contribution in [0.2, 0.25) is 0 Å². The van der Waals surface area contributed by atoms with Gasteiger partial charge in [-0.3, -0.25) is 10.1 Å². The maximum absolute atomic E-state index is 10.8. The summed E-state index contributed by atoms with van der Waals surface area (Å²) in [6, 6.07) is 11.1. The monoisotopic (exact) mass is 445 g/mol. The van der Waals surface area contributed by atoms with Crippen LogP contribution in [0.5, 0.6) is 0 Å². The van der Waals surface area contributed by atoms with Crippen molar-refractivity contribution in [3.05, 3.63) is 70.7 Å². The second-order valence-electron chi connectivity index (χ2n) is 7.16. The molecule has 1 aromatic carbocycles. The molecule has 4 rings (SSSR count). The van der Waals surface area contributed by atoms with E-state index in [0.29, 0.717) is 30.7 Å². The number of pyridine rings is 1. The molecule has 0 bridgehead atoms. The van der Waals surface area contributed by atoms with Crippen LogP contribution in [0, 0.1) is 10.1 Å².